The Kier molecular flexibility index (Phi) is 13.2. The summed E-state index contributed by atoms with van der Waals surface area (Å²) >= 11 is 0. The van der Waals surface area contributed by atoms with Gasteiger partial charge in [-0.2, -0.15) is 0 Å². The summed E-state index contributed by atoms with van der Waals surface area (Å²) in [5.41, 5.74) is 3.58. The predicted molar refractivity (Wildman–Crippen MR) is 215 cm³/mol. The third-order valence-corrected chi connectivity index (χ3v) is 12.9. The van der Waals surface area contributed by atoms with Crippen LogP contribution in [0.25, 0.3) is 22.0 Å². The van der Waals surface area contributed by atoms with Crippen LogP contribution in [0.5, 0.6) is 5.75 Å². The number of hydrogen-bond acceptors (Lipinski definition) is 8. The number of benzene rings is 4. The molecule has 0 spiro atoms. The van der Waals surface area contributed by atoms with Gasteiger partial charge in [0.15, 0.2) is 0 Å². The molecular weight excluding hydrogens is 754 g/mol. The number of fused-ring (bicyclic) bond motifs is 1. The number of rotatable bonds is 15. The van der Waals surface area contributed by atoms with Crippen LogP contribution in [0.2, 0.25) is 0 Å². The molecular formula is C43H46FN3O7S2. The van der Waals surface area contributed by atoms with Gasteiger partial charge in [0.2, 0.25) is 31.9 Å². The molecule has 294 valence electrons. The van der Waals surface area contributed by atoms with Crippen LogP contribution in [-0.4, -0.2) is 45.1 Å². The smallest absolute Gasteiger partial charge is 0.241 e. The lowest BCUT2D eigenvalue weighted by Gasteiger charge is -2.26. The summed E-state index contributed by atoms with van der Waals surface area (Å²) in [5, 5.41) is 1.03. The molecule has 6 rings (SSSR count). The van der Waals surface area contributed by atoms with Crippen molar-refractivity contribution in [3.8, 4) is 16.9 Å². The highest BCUT2D eigenvalue weighted by molar-refractivity contribution is 7.91. The molecule has 1 aromatic heterocycles. The van der Waals surface area contributed by atoms with E-state index in [2.05, 4.69) is 9.71 Å². The van der Waals surface area contributed by atoms with Crippen LogP contribution in [-0.2, 0) is 36.2 Å². The number of pyridine rings is 1. The number of ether oxygens (including phenoxy) is 1. The molecule has 56 heavy (non-hydrogen) atoms. The molecule has 1 fully saturated rings. The minimum atomic E-state index is -4.25. The first-order chi connectivity index (χ1) is 26.9. The van der Waals surface area contributed by atoms with Crippen molar-refractivity contribution < 1.29 is 35.6 Å². The van der Waals surface area contributed by atoms with Crippen molar-refractivity contribution >= 4 is 42.8 Å². The van der Waals surface area contributed by atoms with E-state index in [4.69, 9.17) is 4.74 Å². The lowest BCUT2D eigenvalue weighted by atomic mass is 9.81. The Labute approximate surface area is 328 Å². The molecule has 0 saturated heterocycles. The topological polar surface area (TPSA) is 149 Å². The molecule has 4 aromatic carbocycles. The van der Waals surface area contributed by atoms with Gasteiger partial charge in [0.05, 0.1) is 34.6 Å². The number of sulfonamides is 2. The summed E-state index contributed by atoms with van der Waals surface area (Å²) < 4.78 is 77.1. The zero-order valence-electron chi connectivity index (χ0n) is 31.2. The van der Waals surface area contributed by atoms with Gasteiger partial charge < -0.3 is 4.74 Å². The molecule has 0 bridgehead atoms. The van der Waals surface area contributed by atoms with Gasteiger partial charge in [-0.3, -0.25) is 19.0 Å². The Bertz CT molecular complexity index is 2370. The maximum absolute atomic E-state index is 14.9. The Morgan fingerprint density at radius 1 is 0.750 bits per heavy atom. The molecule has 0 aliphatic heterocycles. The molecule has 2 N–H and O–H groups in total. The fraction of sp³-hybridized carbons (Fsp3) is 0.326. The molecule has 2 unspecified atom stereocenters. The molecule has 10 nitrogen and oxygen atoms in total. The van der Waals surface area contributed by atoms with Gasteiger partial charge in [-0.15, -0.1) is 0 Å². The van der Waals surface area contributed by atoms with E-state index in [0.717, 1.165) is 55.1 Å². The zero-order chi connectivity index (χ0) is 39.7. The fourth-order valence-electron chi connectivity index (χ4n) is 7.20. The average molecular weight is 800 g/mol. The van der Waals surface area contributed by atoms with Crippen LogP contribution in [0.1, 0.15) is 80.5 Å². The number of amides is 2. The van der Waals surface area contributed by atoms with Crippen LogP contribution in [0.15, 0.2) is 109 Å². The number of nitrogens with one attached hydrogen (secondary N) is 2. The Balaban J connectivity index is 1.04. The summed E-state index contributed by atoms with van der Waals surface area (Å²) in [4.78, 5) is 31.3. The number of hydrogen-bond donors (Lipinski definition) is 2. The second kappa shape index (κ2) is 18.2. The number of nitrogens with zero attached hydrogens (tertiary/aromatic N) is 1. The maximum atomic E-state index is 14.9. The Morgan fingerprint density at radius 3 is 2.05 bits per heavy atom. The summed E-state index contributed by atoms with van der Waals surface area (Å²) in [7, 11) is -8.49. The van der Waals surface area contributed by atoms with Gasteiger partial charge in [0, 0.05) is 10.9 Å². The minimum Gasteiger partial charge on any atom is -0.487 e. The lowest BCUT2D eigenvalue weighted by Crippen LogP contribution is -2.39. The van der Waals surface area contributed by atoms with Crippen LogP contribution < -0.4 is 14.2 Å². The van der Waals surface area contributed by atoms with Crippen LogP contribution >= 0.6 is 0 Å². The highest BCUT2D eigenvalue weighted by Gasteiger charge is 2.33. The van der Waals surface area contributed by atoms with E-state index in [-0.39, 0.29) is 24.5 Å². The highest BCUT2D eigenvalue weighted by atomic mass is 32.2. The fourth-order valence-corrected chi connectivity index (χ4v) is 9.55. The number of carbonyl (C=O) groups is 2. The van der Waals surface area contributed by atoms with Crippen LogP contribution in [0, 0.1) is 11.7 Å². The quantitative estimate of drug-likeness (QED) is 0.102. The average Bonchev–Trinajstić information content (AvgIpc) is 3.46. The molecule has 2 atom stereocenters. The van der Waals surface area contributed by atoms with Gasteiger partial charge in [0.1, 0.15) is 18.2 Å². The lowest BCUT2D eigenvalue weighted by molar-refractivity contribution is -0.122. The number of para-hydroxylation sites is 1. The largest absolute Gasteiger partial charge is 0.487 e. The first-order valence-corrected chi connectivity index (χ1v) is 22.2. The van der Waals surface area contributed by atoms with Gasteiger partial charge in [0.25, 0.3) is 0 Å². The second-order valence-electron chi connectivity index (χ2n) is 14.3. The monoisotopic (exact) mass is 799 g/mol. The van der Waals surface area contributed by atoms with E-state index >= 15 is 0 Å². The predicted octanol–water partition coefficient (Wildman–Crippen LogP) is 7.76. The van der Waals surface area contributed by atoms with Crippen molar-refractivity contribution in [2.45, 2.75) is 70.3 Å². The van der Waals surface area contributed by atoms with Crippen molar-refractivity contribution in [1.82, 2.24) is 14.4 Å². The number of carbonyl (C=O) groups excluding carboxylic acids is 2. The Hall–Kier alpha value is -5.14. The van der Waals surface area contributed by atoms with E-state index in [1.807, 2.05) is 47.2 Å². The summed E-state index contributed by atoms with van der Waals surface area (Å²) in [5.74, 6) is -4.67. The standard InChI is InChI=1S/C43H46FN3O7S2/c1-30(35-21-25-38(39(44)28-35)31-12-7-4-8-13-31)42(48)46-55(50,51)26-11-27-56(52,53)47-43(49)41(33-15-5-2-3-6-16-33)34-19-23-37(24-20-34)54-29-36-22-18-32-14-9-10-17-40(32)45-36/h4,7-10,12-14,17-25,28,30,33,41H,2-3,5-6,11,15-16,26-27,29H2,1H3,(H,46,48)(H,47,49). The van der Waals surface area contributed by atoms with Crippen molar-refractivity contribution in [1.29, 1.82) is 0 Å². The molecule has 1 saturated carbocycles. The number of halogens is 1. The molecule has 1 heterocycles. The van der Waals surface area contributed by atoms with Crippen molar-refractivity contribution in [3.63, 3.8) is 0 Å². The van der Waals surface area contributed by atoms with E-state index < -0.39 is 61.0 Å². The van der Waals surface area contributed by atoms with Gasteiger partial charge in [-0.25, -0.2) is 26.2 Å². The Morgan fingerprint density at radius 2 is 1.38 bits per heavy atom. The molecule has 0 radical (unpaired) electrons. The summed E-state index contributed by atoms with van der Waals surface area (Å²) in [6.07, 6.45) is 5.11. The summed E-state index contributed by atoms with van der Waals surface area (Å²) in [6, 6.07) is 32.0. The van der Waals surface area contributed by atoms with E-state index in [1.165, 1.54) is 19.1 Å². The molecule has 5 aromatic rings. The normalized spacial score (nSPS) is 15.0. The molecule has 1 aliphatic carbocycles. The summed E-state index contributed by atoms with van der Waals surface area (Å²) in [6.45, 7) is 1.70. The van der Waals surface area contributed by atoms with Gasteiger partial charge >= 0.3 is 0 Å². The second-order valence-corrected chi connectivity index (χ2v) is 18.0. The van der Waals surface area contributed by atoms with Crippen molar-refractivity contribution in [2.75, 3.05) is 11.5 Å². The maximum Gasteiger partial charge on any atom is 0.241 e. The van der Waals surface area contributed by atoms with Gasteiger partial charge in [-0.1, -0.05) is 105 Å². The number of aromatic nitrogens is 1. The first-order valence-electron chi connectivity index (χ1n) is 18.9. The van der Waals surface area contributed by atoms with Gasteiger partial charge in [-0.05, 0) is 79.1 Å². The molecule has 1 aliphatic rings. The minimum absolute atomic E-state index is 0.0816. The third-order valence-electron chi connectivity index (χ3n) is 10.2. The van der Waals surface area contributed by atoms with Crippen LogP contribution in [0.4, 0.5) is 4.39 Å². The third kappa shape index (κ3) is 10.8. The van der Waals surface area contributed by atoms with Crippen molar-refractivity contribution in [3.05, 3.63) is 132 Å². The van der Waals surface area contributed by atoms with Crippen molar-refractivity contribution in [2.24, 2.45) is 5.92 Å². The van der Waals surface area contributed by atoms with E-state index in [1.54, 1.807) is 54.6 Å². The van der Waals surface area contributed by atoms with E-state index in [9.17, 15) is 30.8 Å². The highest BCUT2D eigenvalue weighted by Crippen LogP contribution is 2.36. The SMILES string of the molecule is CC(C(=O)NS(=O)(=O)CCCS(=O)(=O)NC(=O)C(c1ccc(OCc2ccc3ccccc3n2)cc1)C1CCCCCC1)c1ccc(-c2ccccc2)c(F)c1. The first kappa shape index (κ1) is 40.5. The van der Waals surface area contributed by atoms with E-state index in [0.29, 0.717) is 22.4 Å². The molecule has 13 heteroatoms. The zero-order valence-corrected chi connectivity index (χ0v) is 32.8. The molecule has 2 amide bonds. The van der Waals surface area contributed by atoms with Crippen LogP contribution in [0.3, 0.4) is 0 Å².